The maximum absolute atomic E-state index is 13.3. The highest BCUT2D eigenvalue weighted by atomic mass is 35.5. The predicted molar refractivity (Wildman–Crippen MR) is 132 cm³/mol. The lowest BCUT2D eigenvalue weighted by atomic mass is 9.95. The van der Waals surface area contributed by atoms with Gasteiger partial charge in [-0.1, -0.05) is 17.7 Å². The highest BCUT2D eigenvalue weighted by molar-refractivity contribution is 6.32. The van der Waals surface area contributed by atoms with Gasteiger partial charge in [0.05, 0.1) is 29.5 Å². The summed E-state index contributed by atoms with van der Waals surface area (Å²) in [6, 6.07) is 11.6. The van der Waals surface area contributed by atoms with Crippen LogP contribution in [0, 0.1) is 0 Å². The van der Waals surface area contributed by atoms with Crippen molar-refractivity contribution in [2.24, 2.45) is 0 Å². The molecule has 2 aromatic carbocycles. The number of anilines is 2. The first-order chi connectivity index (χ1) is 16.4. The first kappa shape index (κ1) is 23.0. The Kier molecular flexibility index (Phi) is 6.16. The van der Waals surface area contributed by atoms with Crippen LogP contribution in [0.25, 0.3) is 0 Å². The lowest BCUT2D eigenvalue weighted by Crippen LogP contribution is -2.52. The van der Waals surface area contributed by atoms with Crippen molar-refractivity contribution in [3.63, 3.8) is 0 Å². The van der Waals surface area contributed by atoms with Crippen molar-refractivity contribution >= 4 is 35.0 Å². The molecule has 1 unspecified atom stereocenters. The molecule has 2 aromatic rings. The third-order valence-corrected chi connectivity index (χ3v) is 7.38. The van der Waals surface area contributed by atoms with Crippen LogP contribution in [0.5, 0.6) is 11.5 Å². The minimum absolute atomic E-state index is 0.0477. The zero-order chi connectivity index (χ0) is 24.0. The molecule has 2 fully saturated rings. The van der Waals surface area contributed by atoms with Crippen LogP contribution >= 0.6 is 11.6 Å². The Bertz CT molecular complexity index is 1120. The van der Waals surface area contributed by atoms with Crippen LogP contribution in [0.1, 0.15) is 44.6 Å². The number of likely N-dealkylation sites (tertiary alicyclic amines) is 1. The van der Waals surface area contributed by atoms with Crippen LogP contribution in [0.15, 0.2) is 36.4 Å². The van der Waals surface area contributed by atoms with E-state index >= 15 is 0 Å². The number of carbonyl (C=O) groups excluding carboxylic acids is 2. The molecule has 1 saturated carbocycles. The second-order valence-electron chi connectivity index (χ2n) is 9.47. The summed E-state index contributed by atoms with van der Waals surface area (Å²) in [7, 11) is 1.55. The standard InChI is InChI=1S/C26H30ClN3O4/c1-16-14-29(26(32)34-25-9-7-21(33-3)13-22(25)27)24-12-18(4-8-23(24)30(16)17(2)31)19-10-11-28(15-19)20-5-6-20/h4,7-9,12-13,16,19-20H,5-6,10-11,14-15H2,1-3H3/t16-,19?/m0/s1. The maximum Gasteiger partial charge on any atom is 0.419 e. The molecule has 2 heterocycles. The van der Waals surface area contributed by atoms with E-state index in [-0.39, 0.29) is 17.7 Å². The summed E-state index contributed by atoms with van der Waals surface area (Å²) in [5.41, 5.74) is 2.62. The van der Waals surface area contributed by atoms with Gasteiger partial charge in [0.1, 0.15) is 5.75 Å². The highest BCUT2D eigenvalue weighted by Gasteiger charge is 2.38. The average Bonchev–Trinajstić information content (AvgIpc) is 3.55. The summed E-state index contributed by atoms with van der Waals surface area (Å²) in [6.45, 7) is 5.99. The topological polar surface area (TPSA) is 62.3 Å². The van der Waals surface area contributed by atoms with Gasteiger partial charge in [-0.2, -0.15) is 0 Å². The van der Waals surface area contributed by atoms with E-state index < -0.39 is 6.09 Å². The maximum atomic E-state index is 13.3. The summed E-state index contributed by atoms with van der Waals surface area (Å²) in [4.78, 5) is 31.8. The molecule has 0 radical (unpaired) electrons. The SMILES string of the molecule is COc1ccc(OC(=O)N2C[C@H](C)N(C(C)=O)c3ccc(C4CCN(C5CC5)C4)cc32)c(Cl)c1. The van der Waals surface area contributed by atoms with Crippen molar-refractivity contribution in [2.45, 2.75) is 51.1 Å². The Hall–Kier alpha value is -2.77. The van der Waals surface area contributed by atoms with Crippen LogP contribution in [0.4, 0.5) is 16.2 Å². The van der Waals surface area contributed by atoms with Gasteiger partial charge in [0.2, 0.25) is 5.91 Å². The first-order valence-corrected chi connectivity index (χ1v) is 12.2. The summed E-state index contributed by atoms with van der Waals surface area (Å²) in [5, 5.41) is 0.295. The Balaban J connectivity index is 1.45. The quantitative estimate of drug-likeness (QED) is 0.608. The number of hydrogen-bond acceptors (Lipinski definition) is 5. The van der Waals surface area contributed by atoms with E-state index in [0.717, 1.165) is 31.2 Å². The lowest BCUT2D eigenvalue weighted by Gasteiger charge is -2.40. The van der Waals surface area contributed by atoms with Gasteiger partial charge in [-0.3, -0.25) is 14.6 Å². The second-order valence-corrected chi connectivity index (χ2v) is 9.88. The van der Waals surface area contributed by atoms with Crippen molar-refractivity contribution in [3.8, 4) is 11.5 Å². The average molecular weight is 484 g/mol. The fraction of sp³-hybridized carbons (Fsp3) is 0.462. The lowest BCUT2D eigenvalue weighted by molar-refractivity contribution is -0.117. The summed E-state index contributed by atoms with van der Waals surface area (Å²) >= 11 is 6.31. The van der Waals surface area contributed by atoms with Crippen molar-refractivity contribution in [3.05, 3.63) is 47.0 Å². The normalized spacial score (nSPS) is 22.5. The number of fused-ring (bicyclic) bond motifs is 1. The molecule has 0 N–H and O–H groups in total. The van der Waals surface area contributed by atoms with Crippen molar-refractivity contribution in [1.29, 1.82) is 0 Å². The predicted octanol–water partition coefficient (Wildman–Crippen LogP) is 5.06. The number of carbonyl (C=O) groups is 2. The Labute approximate surface area is 205 Å². The summed E-state index contributed by atoms with van der Waals surface area (Å²) < 4.78 is 10.9. The highest BCUT2D eigenvalue weighted by Crippen LogP contribution is 2.41. The zero-order valence-corrected chi connectivity index (χ0v) is 20.5. The van der Waals surface area contributed by atoms with Crippen LogP contribution in [0.2, 0.25) is 5.02 Å². The van der Waals surface area contributed by atoms with Crippen molar-refractivity contribution in [2.75, 3.05) is 36.5 Å². The van der Waals surface area contributed by atoms with E-state index in [2.05, 4.69) is 17.0 Å². The minimum Gasteiger partial charge on any atom is -0.497 e. The molecule has 180 valence electrons. The smallest absolute Gasteiger partial charge is 0.419 e. The number of nitrogens with zero attached hydrogens (tertiary/aromatic N) is 3. The van der Waals surface area contributed by atoms with Gasteiger partial charge >= 0.3 is 6.09 Å². The molecule has 3 aliphatic rings. The molecule has 34 heavy (non-hydrogen) atoms. The number of ether oxygens (including phenoxy) is 2. The largest absolute Gasteiger partial charge is 0.497 e. The van der Waals surface area contributed by atoms with Gasteiger partial charge in [0.15, 0.2) is 5.75 Å². The third-order valence-electron chi connectivity index (χ3n) is 7.09. The Morgan fingerprint density at radius 2 is 1.82 bits per heavy atom. The van der Waals surface area contributed by atoms with E-state index in [9.17, 15) is 9.59 Å². The zero-order valence-electron chi connectivity index (χ0n) is 19.8. The van der Waals surface area contributed by atoms with Gasteiger partial charge in [0, 0.05) is 32.1 Å². The van der Waals surface area contributed by atoms with Gasteiger partial charge in [-0.05, 0) is 68.5 Å². The Morgan fingerprint density at radius 1 is 1.03 bits per heavy atom. The number of halogens is 1. The molecule has 2 aliphatic heterocycles. The molecule has 0 aromatic heterocycles. The van der Waals surface area contributed by atoms with E-state index in [1.807, 2.05) is 13.0 Å². The van der Waals surface area contributed by atoms with E-state index in [0.29, 0.717) is 28.9 Å². The molecule has 0 bridgehead atoms. The van der Waals surface area contributed by atoms with Crippen LogP contribution in [-0.4, -0.2) is 55.7 Å². The van der Waals surface area contributed by atoms with E-state index in [1.54, 1.807) is 42.0 Å². The van der Waals surface area contributed by atoms with E-state index in [1.165, 1.54) is 18.4 Å². The molecule has 5 rings (SSSR count). The van der Waals surface area contributed by atoms with Gasteiger partial charge < -0.3 is 14.4 Å². The molecule has 1 saturated heterocycles. The number of benzene rings is 2. The molecular formula is C26H30ClN3O4. The first-order valence-electron chi connectivity index (χ1n) is 11.9. The van der Waals surface area contributed by atoms with Gasteiger partial charge in [-0.25, -0.2) is 4.79 Å². The monoisotopic (exact) mass is 483 g/mol. The fourth-order valence-electron chi connectivity index (χ4n) is 5.22. The van der Waals surface area contributed by atoms with Crippen LogP contribution < -0.4 is 19.3 Å². The number of rotatable bonds is 4. The molecular weight excluding hydrogens is 454 g/mol. The number of methoxy groups -OCH3 is 1. The molecule has 8 heteroatoms. The molecule has 2 amide bonds. The Morgan fingerprint density at radius 3 is 2.50 bits per heavy atom. The minimum atomic E-state index is -0.522. The van der Waals surface area contributed by atoms with Crippen LogP contribution in [-0.2, 0) is 4.79 Å². The van der Waals surface area contributed by atoms with Gasteiger partial charge in [0.25, 0.3) is 0 Å². The number of hydrogen-bond donors (Lipinski definition) is 0. The molecule has 2 atom stereocenters. The van der Waals surface area contributed by atoms with Crippen molar-refractivity contribution in [1.82, 2.24) is 4.90 Å². The van der Waals surface area contributed by atoms with E-state index in [4.69, 9.17) is 21.1 Å². The third kappa shape index (κ3) is 4.34. The summed E-state index contributed by atoms with van der Waals surface area (Å²) in [6.07, 6.45) is 3.19. The molecule has 1 aliphatic carbocycles. The summed E-state index contributed by atoms with van der Waals surface area (Å²) in [5.74, 6) is 1.22. The molecule has 0 spiro atoms. The van der Waals surface area contributed by atoms with Crippen LogP contribution in [0.3, 0.4) is 0 Å². The molecule has 7 nitrogen and oxygen atoms in total. The second kappa shape index (κ2) is 9.12. The fourth-order valence-corrected chi connectivity index (χ4v) is 5.43. The van der Waals surface area contributed by atoms with Crippen molar-refractivity contribution < 1.29 is 19.1 Å². The number of amides is 2. The van der Waals surface area contributed by atoms with Gasteiger partial charge in [-0.15, -0.1) is 0 Å².